The minimum absolute atomic E-state index is 0.514. The summed E-state index contributed by atoms with van der Waals surface area (Å²) in [6.07, 6.45) is 1.75. The highest BCUT2D eigenvalue weighted by Gasteiger charge is 2.10. The quantitative estimate of drug-likeness (QED) is 0.484. The number of benzene rings is 2. The second-order valence-electron chi connectivity index (χ2n) is 4.84. The van der Waals surface area contributed by atoms with Crippen molar-refractivity contribution in [3.63, 3.8) is 0 Å². The van der Waals surface area contributed by atoms with Crippen molar-refractivity contribution in [2.24, 2.45) is 0 Å². The maximum Gasteiger partial charge on any atom is 0.135 e. The van der Waals surface area contributed by atoms with Crippen LogP contribution in [-0.2, 0) is 0 Å². The van der Waals surface area contributed by atoms with Gasteiger partial charge in [0.1, 0.15) is 22.4 Å². The first-order valence-corrected chi connectivity index (χ1v) is 7.61. The van der Waals surface area contributed by atoms with Crippen LogP contribution in [0.1, 0.15) is 10.8 Å². The Hall–Kier alpha value is -2.90. The van der Waals surface area contributed by atoms with Gasteiger partial charge in [0.2, 0.25) is 0 Å². The van der Waals surface area contributed by atoms with E-state index in [2.05, 4.69) is 11.1 Å². The molecule has 0 aliphatic rings. The molecule has 104 valence electrons. The van der Waals surface area contributed by atoms with Crippen molar-refractivity contribution in [3.8, 4) is 6.07 Å². The highest BCUT2D eigenvalue weighted by molar-refractivity contribution is 7.19. The largest absolute Gasteiger partial charge is 0.457 e. The third kappa shape index (κ3) is 2.18. The summed E-state index contributed by atoms with van der Waals surface area (Å²) in [5, 5.41) is 11.2. The first-order valence-electron chi connectivity index (χ1n) is 6.80. The summed E-state index contributed by atoms with van der Waals surface area (Å²) in [5.41, 5.74) is 2.24. The van der Waals surface area contributed by atoms with Gasteiger partial charge in [-0.3, -0.25) is 0 Å². The molecule has 22 heavy (non-hydrogen) atoms. The molecule has 0 aliphatic carbocycles. The number of hydrogen-bond acceptors (Lipinski definition) is 4. The minimum Gasteiger partial charge on any atom is -0.457 e. The molecule has 2 aromatic carbocycles. The predicted octanol–water partition coefficient (Wildman–Crippen LogP) is 5.11. The van der Waals surface area contributed by atoms with Crippen LogP contribution >= 0.6 is 11.3 Å². The molecule has 0 amide bonds. The zero-order chi connectivity index (χ0) is 14.9. The molecule has 0 N–H and O–H groups in total. The standard InChI is InChI=1S/C18H10N2OS/c19-11-13(18-20-15-6-2-4-8-17(15)22-18)10-14-9-12-5-1-3-7-16(12)21-14/h1-10H/b13-10+. The normalized spacial score (nSPS) is 11.9. The van der Waals surface area contributed by atoms with E-state index in [1.165, 1.54) is 11.3 Å². The van der Waals surface area contributed by atoms with E-state index in [0.29, 0.717) is 16.3 Å². The fourth-order valence-electron chi connectivity index (χ4n) is 2.35. The molecule has 0 aliphatic heterocycles. The maximum absolute atomic E-state index is 9.45. The average Bonchev–Trinajstić information content (AvgIpc) is 3.15. The number of fused-ring (bicyclic) bond motifs is 2. The van der Waals surface area contributed by atoms with Gasteiger partial charge in [-0.15, -0.1) is 11.3 Å². The van der Waals surface area contributed by atoms with Crippen LogP contribution in [0, 0.1) is 11.3 Å². The van der Waals surface area contributed by atoms with E-state index in [0.717, 1.165) is 21.2 Å². The third-order valence-corrected chi connectivity index (χ3v) is 4.45. The van der Waals surface area contributed by atoms with E-state index in [4.69, 9.17) is 4.42 Å². The molecule has 0 saturated carbocycles. The van der Waals surface area contributed by atoms with Crippen LogP contribution in [0.3, 0.4) is 0 Å². The SMILES string of the molecule is N#C/C(=C\c1cc2ccccc2o1)c1nc2ccccc2s1. The number of nitrogens with zero attached hydrogens (tertiary/aromatic N) is 2. The van der Waals surface area contributed by atoms with Crippen LogP contribution < -0.4 is 0 Å². The molecule has 3 nitrogen and oxygen atoms in total. The van der Waals surface area contributed by atoms with Crippen LogP contribution in [0.25, 0.3) is 32.8 Å². The zero-order valence-electron chi connectivity index (χ0n) is 11.5. The number of para-hydroxylation sites is 2. The van der Waals surface area contributed by atoms with E-state index < -0.39 is 0 Å². The second kappa shape index (κ2) is 5.14. The fraction of sp³-hybridized carbons (Fsp3) is 0. The van der Waals surface area contributed by atoms with E-state index in [1.54, 1.807) is 6.08 Å². The molecule has 4 rings (SSSR count). The molecular weight excluding hydrogens is 292 g/mol. The van der Waals surface area contributed by atoms with Crippen molar-refractivity contribution < 1.29 is 4.42 Å². The first-order chi connectivity index (χ1) is 10.8. The molecule has 2 heterocycles. The van der Waals surface area contributed by atoms with E-state index in [-0.39, 0.29) is 0 Å². The van der Waals surface area contributed by atoms with E-state index in [9.17, 15) is 5.26 Å². The lowest BCUT2D eigenvalue weighted by atomic mass is 10.2. The lowest BCUT2D eigenvalue weighted by Crippen LogP contribution is -1.78. The molecule has 0 unspecified atom stereocenters. The molecule has 0 fully saturated rings. The van der Waals surface area contributed by atoms with Crippen LogP contribution in [0.15, 0.2) is 59.0 Å². The topological polar surface area (TPSA) is 49.8 Å². The number of rotatable bonds is 2. The maximum atomic E-state index is 9.45. The van der Waals surface area contributed by atoms with Crippen LogP contribution in [0.4, 0.5) is 0 Å². The minimum atomic E-state index is 0.514. The number of furan rings is 1. The second-order valence-corrected chi connectivity index (χ2v) is 5.87. The Kier molecular flexibility index (Phi) is 2.99. The molecule has 4 heteroatoms. The number of hydrogen-bond donors (Lipinski definition) is 0. The Balaban J connectivity index is 1.82. The molecule has 4 aromatic rings. The Morgan fingerprint density at radius 1 is 1.14 bits per heavy atom. The summed E-state index contributed by atoms with van der Waals surface area (Å²) in [6.45, 7) is 0. The van der Waals surface area contributed by atoms with Gasteiger partial charge in [-0.1, -0.05) is 30.3 Å². The lowest BCUT2D eigenvalue weighted by molar-refractivity contribution is 0.604. The van der Waals surface area contributed by atoms with Crippen molar-refractivity contribution in [3.05, 3.63) is 65.4 Å². The van der Waals surface area contributed by atoms with Crippen LogP contribution in [0.5, 0.6) is 0 Å². The molecule has 0 radical (unpaired) electrons. The summed E-state index contributed by atoms with van der Waals surface area (Å²) in [4.78, 5) is 4.52. The lowest BCUT2D eigenvalue weighted by Gasteiger charge is -1.90. The molecule has 0 saturated heterocycles. The van der Waals surface area contributed by atoms with Gasteiger partial charge in [0.15, 0.2) is 0 Å². The average molecular weight is 302 g/mol. The van der Waals surface area contributed by atoms with Gasteiger partial charge in [0, 0.05) is 11.5 Å². The number of allylic oxidation sites excluding steroid dienone is 1. The third-order valence-electron chi connectivity index (χ3n) is 3.38. The summed E-state index contributed by atoms with van der Waals surface area (Å²) in [6, 6.07) is 19.8. The zero-order valence-corrected chi connectivity index (χ0v) is 12.3. The number of aromatic nitrogens is 1. The Labute approximate surface area is 130 Å². The van der Waals surface area contributed by atoms with Gasteiger partial charge >= 0.3 is 0 Å². The van der Waals surface area contributed by atoms with Crippen LogP contribution in [0.2, 0.25) is 0 Å². The smallest absolute Gasteiger partial charge is 0.135 e. The summed E-state index contributed by atoms with van der Waals surface area (Å²) in [5.74, 6) is 0.664. The fourth-order valence-corrected chi connectivity index (χ4v) is 3.28. The Bertz CT molecular complexity index is 984. The molecule has 2 aromatic heterocycles. The van der Waals surface area contributed by atoms with Crippen LogP contribution in [-0.4, -0.2) is 4.98 Å². The van der Waals surface area contributed by atoms with E-state index in [1.807, 2.05) is 54.6 Å². The van der Waals surface area contributed by atoms with Gasteiger partial charge in [0.25, 0.3) is 0 Å². The van der Waals surface area contributed by atoms with Gasteiger partial charge in [-0.05, 0) is 24.3 Å². The number of nitriles is 1. The van der Waals surface area contributed by atoms with Crippen molar-refractivity contribution in [2.45, 2.75) is 0 Å². The van der Waals surface area contributed by atoms with Gasteiger partial charge in [-0.2, -0.15) is 5.26 Å². The molecular formula is C18H10N2OS. The summed E-state index contributed by atoms with van der Waals surface area (Å²) in [7, 11) is 0. The van der Waals surface area contributed by atoms with Gasteiger partial charge < -0.3 is 4.42 Å². The van der Waals surface area contributed by atoms with Gasteiger partial charge in [-0.25, -0.2) is 4.98 Å². The molecule has 0 spiro atoms. The first kappa shape index (κ1) is 12.8. The van der Waals surface area contributed by atoms with Crippen molar-refractivity contribution in [2.75, 3.05) is 0 Å². The summed E-state index contributed by atoms with van der Waals surface area (Å²) < 4.78 is 6.82. The predicted molar refractivity (Wildman–Crippen MR) is 89.3 cm³/mol. The monoisotopic (exact) mass is 302 g/mol. The number of thiazole rings is 1. The Morgan fingerprint density at radius 3 is 2.77 bits per heavy atom. The van der Waals surface area contributed by atoms with Gasteiger partial charge in [0.05, 0.1) is 15.8 Å². The molecule has 0 bridgehead atoms. The van der Waals surface area contributed by atoms with Crippen molar-refractivity contribution in [1.82, 2.24) is 4.98 Å². The highest BCUT2D eigenvalue weighted by Crippen LogP contribution is 2.29. The van der Waals surface area contributed by atoms with Crippen molar-refractivity contribution >= 4 is 44.2 Å². The van der Waals surface area contributed by atoms with Crippen molar-refractivity contribution in [1.29, 1.82) is 5.26 Å². The van der Waals surface area contributed by atoms with E-state index >= 15 is 0 Å². The molecule has 0 atom stereocenters. The highest BCUT2D eigenvalue weighted by atomic mass is 32.1. The summed E-state index contributed by atoms with van der Waals surface area (Å²) >= 11 is 1.51. The Morgan fingerprint density at radius 2 is 1.95 bits per heavy atom.